The number of aliphatic hydroxyl groups is 1. The van der Waals surface area contributed by atoms with Crippen molar-refractivity contribution < 1.29 is 14.6 Å². The van der Waals surface area contributed by atoms with E-state index in [1.54, 1.807) is 19.2 Å². The molecule has 0 radical (unpaired) electrons. The van der Waals surface area contributed by atoms with Gasteiger partial charge in [0.1, 0.15) is 5.75 Å². The van der Waals surface area contributed by atoms with E-state index in [1.165, 1.54) is 0 Å². The van der Waals surface area contributed by atoms with Gasteiger partial charge in [0.15, 0.2) is 0 Å². The minimum Gasteiger partial charge on any atom is -0.495 e. The van der Waals surface area contributed by atoms with E-state index in [-0.39, 0.29) is 6.10 Å². The monoisotopic (exact) mass is 315 g/mol. The summed E-state index contributed by atoms with van der Waals surface area (Å²) in [5.74, 6) is 1.23. The molecule has 0 aliphatic heterocycles. The van der Waals surface area contributed by atoms with Gasteiger partial charge in [0, 0.05) is 12.2 Å². The summed E-state index contributed by atoms with van der Waals surface area (Å²) in [6.45, 7) is 7.09. The minimum absolute atomic E-state index is 0.162. The van der Waals surface area contributed by atoms with Gasteiger partial charge < -0.3 is 19.9 Å². The predicted molar refractivity (Wildman–Crippen MR) is 87.4 cm³/mol. The van der Waals surface area contributed by atoms with Gasteiger partial charge in [-0.15, -0.1) is 0 Å². The molecule has 0 amide bonds. The highest BCUT2D eigenvalue weighted by Crippen LogP contribution is 2.27. The van der Waals surface area contributed by atoms with Gasteiger partial charge in [0.2, 0.25) is 0 Å². The molecule has 1 aromatic carbocycles. The van der Waals surface area contributed by atoms with Crippen LogP contribution in [0.1, 0.15) is 27.2 Å². The van der Waals surface area contributed by atoms with Crippen LogP contribution in [0.4, 0.5) is 5.69 Å². The maximum Gasteiger partial charge on any atom is 0.137 e. The van der Waals surface area contributed by atoms with E-state index in [2.05, 4.69) is 19.2 Å². The fourth-order valence-electron chi connectivity index (χ4n) is 2.08. The van der Waals surface area contributed by atoms with Crippen LogP contribution in [0.25, 0.3) is 0 Å². The summed E-state index contributed by atoms with van der Waals surface area (Å²) in [6, 6.07) is 5.42. The number of halogens is 1. The third-order valence-electron chi connectivity index (χ3n) is 3.07. The lowest BCUT2D eigenvalue weighted by molar-refractivity contribution is -0.00443. The Morgan fingerprint density at radius 1 is 1.29 bits per heavy atom. The number of aliphatic hydroxyl groups excluding tert-OH is 1. The van der Waals surface area contributed by atoms with E-state index < -0.39 is 6.10 Å². The number of rotatable bonds is 9. The van der Waals surface area contributed by atoms with Gasteiger partial charge in [0.25, 0.3) is 0 Å². The summed E-state index contributed by atoms with van der Waals surface area (Å²) < 4.78 is 10.7. The maximum atomic E-state index is 9.92. The predicted octanol–water partition coefficient (Wildman–Crippen LogP) is 3.57. The van der Waals surface area contributed by atoms with Crippen LogP contribution in [0.3, 0.4) is 0 Å². The fourth-order valence-corrected chi connectivity index (χ4v) is 2.34. The Hall–Kier alpha value is -0.970. The molecule has 0 fully saturated rings. The van der Waals surface area contributed by atoms with Gasteiger partial charge in [-0.1, -0.05) is 25.4 Å². The largest absolute Gasteiger partial charge is 0.495 e. The van der Waals surface area contributed by atoms with Gasteiger partial charge in [-0.3, -0.25) is 0 Å². The normalized spacial score (nSPS) is 14.0. The van der Waals surface area contributed by atoms with Gasteiger partial charge >= 0.3 is 0 Å². The number of ether oxygens (including phenoxy) is 2. The molecule has 2 N–H and O–H groups in total. The molecule has 5 heteroatoms. The van der Waals surface area contributed by atoms with Crippen LogP contribution in [0, 0.1) is 5.92 Å². The van der Waals surface area contributed by atoms with E-state index in [1.807, 2.05) is 13.0 Å². The Labute approximate surface area is 132 Å². The average Bonchev–Trinajstić information content (AvgIpc) is 2.42. The standard InChI is InChI=1S/C16H26ClNO3/c1-11(2)7-12(3)21-10-14(19)9-18-13-5-6-16(20-4)15(17)8-13/h5-6,8,11-12,14,18-19H,7,9-10H2,1-4H3. The molecular formula is C16H26ClNO3. The minimum atomic E-state index is -0.555. The smallest absolute Gasteiger partial charge is 0.137 e. The van der Waals surface area contributed by atoms with E-state index in [4.69, 9.17) is 21.1 Å². The van der Waals surface area contributed by atoms with Crippen LogP contribution >= 0.6 is 11.6 Å². The first kappa shape index (κ1) is 18.1. The third kappa shape index (κ3) is 7.02. The molecule has 1 aromatic rings. The van der Waals surface area contributed by atoms with Crippen molar-refractivity contribution in [3.63, 3.8) is 0 Å². The lowest BCUT2D eigenvalue weighted by Crippen LogP contribution is -2.27. The van der Waals surface area contributed by atoms with Crippen LogP contribution in [0.15, 0.2) is 18.2 Å². The number of methoxy groups -OCH3 is 1. The molecule has 2 atom stereocenters. The Morgan fingerprint density at radius 3 is 2.57 bits per heavy atom. The molecule has 4 nitrogen and oxygen atoms in total. The van der Waals surface area contributed by atoms with Crippen LogP contribution in [-0.4, -0.2) is 37.6 Å². The van der Waals surface area contributed by atoms with Crippen LogP contribution in [0.2, 0.25) is 5.02 Å². The third-order valence-corrected chi connectivity index (χ3v) is 3.37. The van der Waals surface area contributed by atoms with Crippen LogP contribution < -0.4 is 10.1 Å². The Bertz CT molecular complexity index is 426. The van der Waals surface area contributed by atoms with Gasteiger partial charge in [-0.2, -0.15) is 0 Å². The highest BCUT2D eigenvalue weighted by molar-refractivity contribution is 6.32. The summed E-state index contributed by atoms with van der Waals surface area (Å²) in [6.07, 6.45) is 0.601. The Kier molecular flexibility index (Phi) is 7.86. The van der Waals surface area contributed by atoms with Crippen molar-refractivity contribution in [3.8, 4) is 5.75 Å². The molecular weight excluding hydrogens is 290 g/mol. The van der Waals surface area contributed by atoms with Crippen molar-refractivity contribution in [2.75, 3.05) is 25.6 Å². The average molecular weight is 316 g/mol. The second-order valence-corrected chi connectivity index (χ2v) is 6.06. The molecule has 0 aliphatic rings. The van der Waals surface area contributed by atoms with Gasteiger partial charge in [-0.05, 0) is 37.5 Å². The zero-order valence-electron chi connectivity index (χ0n) is 13.2. The number of benzene rings is 1. The highest BCUT2D eigenvalue weighted by Gasteiger charge is 2.10. The molecule has 0 saturated heterocycles. The lowest BCUT2D eigenvalue weighted by atomic mass is 10.1. The quantitative estimate of drug-likeness (QED) is 0.731. The van der Waals surface area contributed by atoms with E-state index >= 15 is 0 Å². The topological polar surface area (TPSA) is 50.7 Å². The van der Waals surface area contributed by atoms with E-state index in [0.717, 1.165) is 12.1 Å². The van der Waals surface area contributed by atoms with Gasteiger partial charge in [-0.25, -0.2) is 0 Å². The van der Waals surface area contributed by atoms with E-state index in [9.17, 15) is 5.11 Å². The Morgan fingerprint density at radius 2 is 2.00 bits per heavy atom. The van der Waals surface area contributed by atoms with Crippen molar-refractivity contribution in [1.82, 2.24) is 0 Å². The van der Waals surface area contributed by atoms with E-state index in [0.29, 0.717) is 29.8 Å². The molecule has 0 spiro atoms. The zero-order chi connectivity index (χ0) is 15.8. The summed E-state index contributed by atoms with van der Waals surface area (Å²) in [4.78, 5) is 0. The molecule has 0 aromatic heterocycles. The second kappa shape index (κ2) is 9.13. The zero-order valence-corrected chi connectivity index (χ0v) is 14.0. The SMILES string of the molecule is COc1ccc(NCC(O)COC(C)CC(C)C)cc1Cl. The van der Waals surface area contributed by atoms with Crippen molar-refractivity contribution >= 4 is 17.3 Å². The highest BCUT2D eigenvalue weighted by atomic mass is 35.5. The fraction of sp³-hybridized carbons (Fsp3) is 0.625. The first-order chi connectivity index (χ1) is 9.92. The Balaban J connectivity index is 2.32. The van der Waals surface area contributed by atoms with Crippen molar-refractivity contribution in [2.45, 2.75) is 39.4 Å². The molecule has 0 heterocycles. The summed E-state index contributed by atoms with van der Waals surface area (Å²) in [5, 5.41) is 13.6. The lowest BCUT2D eigenvalue weighted by Gasteiger charge is -2.18. The molecule has 1 rings (SSSR count). The first-order valence-electron chi connectivity index (χ1n) is 7.29. The number of anilines is 1. The summed E-state index contributed by atoms with van der Waals surface area (Å²) in [5.41, 5.74) is 0.843. The van der Waals surface area contributed by atoms with Crippen molar-refractivity contribution in [2.24, 2.45) is 5.92 Å². The molecule has 0 saturated carbocycles. The molecule has 120 valence electrons. The van der Waals surface area contributed by atoms with Crippen LogP contribution in [0.5, 0.6) is 5.75 Å². The van der Waals surface area contributed by atoms with Crippen molar-refractivity contribution in [3.05, 3.63) is 23.2 Å². The van der Waals surface area contributed by atoms with Gasteiger partial charge in [0.05, 0.1) is 30.9 Å². The number of hydrogen-bond acceptors (Lipinski definition) is 4. The number of hydrogen-bond donors (Lipinski definition) is 2. The second-order valence-electron chi connectivity index (χ2n) is 5.66. The molecule has 2 unspecified atom stereocenters. The summed E-state index contributed by atoms with van der Waals surface area (Å²) >= 11 is 6.04. The molecule has 0 aliphatic carbocycles. The summed E-state index contributed by atoms with van der Waals surface area (Å²) in [7, 11) is 1.58. The maximum absolute atomic E-state index is 9.92. The molecule has 0 bridgehead atoms. The molecule has 21 heavy (non-hydrogen) atoms. The van der Waals surface area contributed by atoms with Crippen molar-refractivity contribution in [1.29, 1.82) is 0 Å². The van der Waals surface area contributed by atoms with Crippen LogP contribution in [-0.2, 0) is 4.74 Å². The first-order valence-corrected chi connectivity index (χ1v) is 7.67. The number of nitrogens with one attached hydrogen (secondary N) is 1.